The number of alkyl carbamates (subject to hydrolysis) is 1. The Morgan fingerprint density at radius 3 is 2.43 bits per heavy atom. The van der Waals surface area contributed by atoms with E-state index in [1.807, 2.05) is 61.5 Å². The Hall–Kier alpha value is -1.85. The van der Waals surface area contributed by atoms with Gasteiger partial charge < -0.3 is 15.2 Å². The van der Waals surface area contributed by atoms with Crippen LogP contribution in [0.3, 0.4) is 0 Å². The third kappa shape index (κ3) is 5.08. The molecule has 0 heterocycles. The predicted molar refractivity (Wildman–Crippen MR) is 93.0 cm³/mol. The van der Waals surface area contributed by atoms with Crippen LogP contribution in [-0.4, -0.2) is 17.7 Å². The van der Waals surface area contributed by atoms with Crippen molar-refractivity contribution < 1.29 is 14.6 Å². The van der Waals surface area contributed by atoms with E-state index in [9.17, 15) is 9.90 Å². The Morgan fingerprint density at radius 1 is 1.17 bits per heavy atom. The van der Waals surface area contributed by atoms with E-state index >= 15 is 0 Å². The molecule has 0 aliphatic rings. The molecule has 4 nitrogen and oxygen atoms in total. The number of hydrogen-bond acceptors (Lipinski definition) is 3. The summed E-state index contributed by atoms with van der Waals surface area (Å²) in [5.74, 6) is 0. The topological polar surface area (TPSA) is 58.6 Å². The van der Waals surface area contributed by atoms with Gasteiger partial charge in [0.1, 0.15) is 12.2 Å². The lowest BCUT2D eigenvalue weighted by molar-refractivity contribution is 0.0305. The van der Waals surface area contributed by atoms with Crippen LogP contribution >= 0.6 is 15.9 Å². The highest BCUT2D eigenvalue weighted by molar-refractivity contribution is 9.10. The van der Waals surface area contributed by atoms with E-state index in [1.165, 1.54) is 0 Å². The molecule has 0 radical (unpaired) electrons. The Bertz CT molecular complexity index is 630. The van der Waals surface area contributed by atoms with Crippen LogP contribution in [0.25, 0.3) is 0 Å². The normalized spacial score (nSPS) is 13.2. The first-order valence-corrected chi connectivity index (χ1v) is 8.26. The lowest BCUT2D eigenvalue weighted by atomic mass is 9.91. The summed E-state index contributed by atoms with van der Waals surface area (Å²) < 4.78 is 6.09. The van der Waals surface area contributed by atoms with Crippen LogP contribution in [0, 0.1) is 0 Å². The third-order valence-corrected chi connectivity index (χ3v) is 4.23. The minimum absolute atomic E-state index is 0.0960. The van der Waals surface area contributed by atoms with Crippen LogP contribution in [0.1, 0.15) is 24.5 Å². The molecule has 23 heavy (non-hydrogen) atoms. The maximum Gasteiger partial charge on any atom is 0.407 e. The van der Waals surface area contributed by atoms with Crippen molar-refractivity contribution in [3.8, 4) is 0 Å². The minimum atomic E-state index is -1.12. The van der Waals surface area contributed by atoms with Crippen LogP contribution in [0.4, 0.5) is 4.79 Å². The molecule has 1 unspecified atom stereocenters. The van der Waals surface area contributed by atoms with Crippen molar-refractivity contribution in [2.24, 2.45) is 0 Å². The van der Waals surface area contributed by atoms with Gasteiger partial charge in [0, 0.05) is 4.47 Å². The van der Waals surface area contributed by atoms with Gasteiger partial charge >= 0.3 is 6.09 Å². The number of rotatable bonds is 6. The molecule has 2 rings (SSSR count). The fourth-order valence-electron chi connectivity index (χ4n) is 2.18. The molecule has 0 aliphatic heterocycles. The molecule has 2 aromatic carbocycles. The second-order valence-electron chi connectivity index (χ2n) is 5.31. The van der Waals surface area contributed by atoms with E-state index < -0.39 is 11.7 Å². The van der Waals surface area contributed by atoms with Gasteiger partial charge in [0.05, 0.1) is 6.54 Å². The van der Waals surface area contributed by atoms with Crippen molar-refractivity contribution in [1.29, 1.82) is 0 Å². The van der Waals surface area contributed by atoms with Gasteiger partial charge in [-0.3, -0.25) is 0 Å². The molecule has 0 saturated carbocycles. The van der Waals surface area contributed by atoms with E-state index in [1.54, 1.807) is 0 Å². The van der Waals surface area contributed by atoms with Gasteiger partial charge in [-0.1, -0.05) is 65.3 Å². The standard InChI is InChI=1S/C18H20BrNO3/c1-2-18(22,15-8-10-16(19)11-9-15)13-20-17(21)23-12-14-6-4-3-5-7-14/h3-11,22H,2,12-13H2,1H3,(H,20,21). The molecule has 0 spiro atoms. The maximum atomic E-state index is 11.8. The van der Waals surface area contributed by atoms with Crippen LogP contribution in [0.5, 0.6) is 0 Å². The molecule has 0 saturated heterocycles. The Labute approximate surface area is 144 Å². The first-order chi connectivity index (χ1) is 11.0. The number of nitrogens with one attached hydrogen (secondary N) is 1. The molecule has 0 bridgehead atoms. The molecular weight excluding hydrogens is 358 g/mol. The number of halogens is 1. The summed E-state index contributed by atoms with van der Waals surface area (Å²) >= 11 is 3.37. The van der Waals surface area contributed by atoms with Crippen LogP contribution in [0.15, 0.2) is 59.1 Å². The lowest BCUT2D eigenvalue weighted by Crippen LogP contribution is -2.40. The summed E-state index contributed by atoms with van der Waals surface area (Å²) in [6.45, 7) is 2.17. The zero-order valence-electron chi connectivity index (χ0n) is 13.0. The van der Waals surface area contributed by atoms with Crippen molar-refractivity contribution in [3.05, 3.63) is 70.2 Å². The van der Waals surface area contributed by atoms with Gasteiger partial charge in [-0.15, -0.1) is 0 Å². The van der Waals surface area contributed by atoms with E-state index in [-0.39, 0.29) is 13.2 Å². The summed E-state index contributed by atoms with van der Waals surface area (Å²) in [5.41, 5.74) is 0.555. The molecule has 2 N–H and O–H groups in total. The summed E-state index contributed by atoms with van der Waals surface area (Å²) in [5, 5.41) is 13.4. The number of amides is 1. The molecule has 122 valence electrons. The Kier molecular flexibility index (Phi) is 6.19. The average Bonchev–Trinajstić information content (AvgIpc) is 2.59. The van der Waals surface area contributed by atoms with Gasteiger partial charge in [0.25, 0.3) is 0 Å². The summed E-state index contributed by atoms with van der Waals surface area (Å²) in [7, 11) is 0. The first-order valence-electron chi connectivity index (χ1n) is 7.46. The summed E-state index contributed by atoms with van der Waals surface area (Å²) in [4.78, 5) is 11.8. The fourth-order valence-corrected chi connectivity index (χ4v) is 2.45. The van der Waals surface area contributed by atoms with E-state index in [2.05, 4.69) is 21.2 Å². The quantitative estimate of drug-likeness (QED) is 0.800. The molecular formula is C18H20BrNO3. The first kappa shape index (κ1) is 17.5. The van der Waals surface area contributed by atoms with Crippen molar-refractivity contribution in [2.45, 2.75) is 25.6 Å². The van der Waals surface area contributed by atoms with E-state index in [0.717, 1.165) is 15.6 Å². The SMILES string of the molecule is CCC(O)(CNC(=O)OCc1ccccc1)c1ccc(Br)cc1. The Balaban J connectivity index is 1.89. The summed E-state index contributed by atoms with van der Waals surface area (Å²) in [6.07, 6.45) is -0.0639. The van der Waals surface area contributed by atoms with Crippen LogP contribution in [0.2, 0.25) is 0 Å². The molecule has 1 atom stereocenters. The van der Waals surface area contributed by atoms with E-state index in [0.29, 0.717) is 6.42 Å². The third-order valence-electron chi connectivity index (χ3n) is 3.70. The second-order valence-corrected chi connectivity index (χ2v) is 6.22. The number of ether oxygens (including phenoxy) is 1. The fraction of sp³-hybridized carbons (Fsp3) is 0.278. The second kappa shape index (κ2) is 8.13. The van der Waals surface area contributed by atoms with Gasteiger partial charge in [0.15, 0.2) is 0 Å². The van der Waals surface area contributed by atoms with Gasteiger partial charge in [-0.25, -0.2) is 4.79 Å². The number of carbonyl (C=O) groups excluding carboxylic acids is 1. The number of aliphatic hydroxyl groups is 1. The van der Waals surface area contributed by atoms with E-state index in [4.69, 9.17) is 4.74 Å². The molecule has 2 aromatic rings. The van der Waals surface area contributed by atoms with Gasteiger partial charge in [-0.05, 0) is 29.7 Å². The Morgan fingerprint density at radius 2 is 1.83 bits per heavy atom. The average molecular weight is 378 g/mol. The molecule has 0 fully saturated rings. The highest BCUT2D eigenvalue weighted by atomic mass is 79.9. The van der Waals surface area contributed by atoms with Crippen LogP contribution < -0.4 is 5.32 Å². The maximum absolute atomic E-state index is 11.8. The molecule has 1 amide bonds. The smallest absolute Gasteiger partial charge is 0.407 e. The van der Waals surface area contributed by atoms with Gasteiger partial charge in [0.2, 0.25) is 0 Å². The zero-order valence-corrected chi connectivity index (χ0v) is 14.5. The lowest BCUT2D eigenvalue weighted by Gasteiger charge is -2.27. The van der Waals surface area contributed by atoms with Crippen molar-refractivity contribution in [1.82, 2.24) is 5.32 Å². The largest absolute Gasteiger partial charge is 0.445 e. The monoisotopic (exact) mass is 377 g/mol. The predicted octanol–water partition coefficient (Wildman–Crippen LogP) is 3.97. The molecule has 0 aliphatic carbocycles. The highest BCUT2D eigenvalue weighted by Gasteiger charge is 2.27. The highest BCUT2D eigenvalue weighted by Crippen LogP contribution is 2.25. The zero-order chi connectivity index (χ0) is 16.7. The number of hydrogen-bond donors (Lipinski definition) is 2. The van der Waals surface area contributed by atoms with Crippen molar-refractivity contribution in [3.63, 3.8) is 0 Å². The number of benzene rings is 2. The molecule has 0 aromatic heterocycles. The molecule has 5 heteroatoms. The van der Waals surface area contributed by atoms with Crippen molar-refractivity contribution in [2.75, 3.05) is 6.54 Å². The number of carbonyl (C=O) groups is 1. The van der Waals surface area contributed by atoms with Gasteiger partial charge in [-0.2, -0.15) is 0 Å². The van der Waals surface area contributed by atoms with Crippen LogP contribution in [-0.2, 0) is 16.9 Å². The van der Waals surface area contributed by atoms with Crippen molar-refractivity contribution >= 4 is 22.0 Å². The summed E-state index contributed by atoms with van der Waals surface area (Å²) in [6, 6.07) is 16.9. The minimum Gasteiger partial charge on any atom is -0.445 e.